The van der Waals surface area contributed by atoms with Gasteiger partial charge in [0.1, 0.15) is 11.8 Å². The van der Waals surface area contributed by atoms with E-state index in [-0.39, 0.29) is 12.3 Å². The maximum Gasteiger partial charge on any atom is 0.329 e. The SMILES string of the molecule is COc1ccc(N2C(=O)NC(CC(=O)NCCN3CCOCC3)C2=O)cc1. The molecule has 0 aliphatic carbocycles. The third kappa shape index (κ3) is 4.75. The molecule has 9 heteroatoms. The molecule has 0 spiro atoms. The van der Waals surface area contributed by atoms with Gasteiger partial charge in [-0.3, -0.25) is 14.5 Å². The van der Waals surface area contributed by atoms with Crippen molar-refractivity contribution in [3.05, 3.63) is 24.3 Å². The first-order valence-electron chi connectivity index (χ1n) is 8.94. The van der Waals surface area contributed by atoms with Gasteiger partial charge in [0.25, 0.3) is 5.91 Å². The second-order valence-electron chi connectivity index (χ2n) is 6.38. The summed E-state index contributed by atoms with van der Waals surface area (Å²) in [5.41, 5.74) is 0.438. The Morgan fingerprint density at radius 1 is 1.26 bits per heavy atom. The molecule has 2 aliphatic heterocycles. The number of urea groups is 1. The summed E-state index contributed by atoms with van der Waals surface area (Å²) in [5, 5.41) is 5.37. The zero-order valence-corrected chi connectivity index (χ0v) is 15.3. The number of imide groups is 1. The van der Waals surface area contributed by atoms with E-state index in [1.165, 1.54) is 7.11 Å². The quantitative estimate of drug-likeness (QED) is 0.648. The zero-order chi connectivity index (χ0) is 19.2. The van der Waals surface area contributed by atoms with Crippen molar-refractivity contribution in [1.82, 2.24) is 15.5 Å². The molecule has 2 N–H and O–H groups in total. The van der Waals surface area contributed by atoms with E-state index < -0.39 is 18.0 Å². The number of carbonyl (C=O) groups is 3. The molecule has 0 aromatic heterocycles. The van der Waals surface area contributed by atoms with Crippen molar-refractivity contribution in [3.63, 3.8) is 0 Å². The van der Waals surface area contributed by atoms with Crippen molar-refractivity contribution >= 4 is 23.5 Å². The Bertz CT molecular complexity index is 687. The monoisotopic (exact) mass is 376 g/mol. The van der Waals surface area contributed by atoms with E-state index in [1.807, 2.05) is 0 Å². The summed E-state index contributed by atoms with van der Waals surface area (Å²) in [6.07, 6.45) is -0.0830. The molecule has 146 valence electrons. The lowest BCUT2D eigenvalue weighted by atomic mass is 10.2. The smallest absolute Gasteiger partial charge is 0.329 e. The average molecular weight is 376 g/mol. The van der Waals surface area contributed by atoms with Gasteiger partial charge in [-0.2, -0.15) is 0 Å². The Kier molecular flexibility index (Phi) is 6.25. The molecule has 0 saturated carbocycles. The Balaban J connectivity index is 1.49. The number of hydrogen-bond donors (Lipinski definition) is 2. The Labute approximate surface area is 157 Å². The molecule has 2 aliphatic rings. The summed E-state index contributed by atoms with van der Waals surface area (Å²) in [4.78, 5) is 40.1. The molecular weight excluding hydrogens is 352 g/mol. The third-order valence-electron chi connectivity index (χ3n) is 4.59. The standard InChI is InChI=1S/C18H24N4O5/c1-26-14-4-2-13(3-5-14)22-17(24)15(20-18(22)25)12-16(23)19-6-7-21-8-10-27-11-9-21/h2-5,15H,6-12H2,1H3,(H,19,23)(H,20,25). The van der Waals surface area contributed by atoms with E-state index in [2.05, 4.69) is 15.5 Å². The van der Waals surface area contributed by atoms with Crippen LogP contribution in [0.3, 0.4) is 0 Å². The Morgan fingerprint density at radius 3 is 2.63 bits per heavy atom. The van der Waals surface area contributed by atoms with E-state index in [0.717, 1.165) is 24.5 Å². The Morgan fingerprint density at radius 2 is 1.96 bits per heavy atom. The number of benzene rings is 1. The molecule has 2 heterocycles. The van der Waals surface area contributed by atoms with Gasteiger partial charge in [0.2, 0.25) is 5.91 Å². The zero-order valence-electron chi connectivity index (χ0n) is 15.3. The van der Waals surface area contributed by atoms with Crippen molar-refractivity contribution < 1.29 is 23.9 Å². The van der Waals surface area contributed by atoms with Crippen LogP contribution in [-0.2, 0) is 14.3 Å². The summed E-state index contributed by atoms with van der Waals surface area (Å²) >= 11 is 0. The number of amides is 4. The van der Waals surface area contributed by atoms with Crippen LogP contribution >= 0.6 is 0 Å². The van der Waals surface area contributed by atoms with Crippen molar-refractivity contribution in [3.8, 4) is 5.75 Å². The molecule has 0 radical (unpaired) electrons. The van der Waals surface area contributed by atoms with Crippen LogP contribution in [0.4, 0.5) is 10.5 Å². The topological polar surface area (TPSA) is 100 Å². The van der Waals surface area contributed by atoms with Gasteiger partial charge in [-0.15, -0.1) is 0 Å². The first-order valence-corrected chi connectivity index (χ1v) is 8.94. The lowest BCUT2D eigenvalue weighted by molar-refractivity contribution is -0.125. The minimum Gasteiger partial charge on any atom is -0.497 e. The molecule has 2 saturated heterocycles. The molecule has 2 fully saturated rings. The van der Waals surface area contributed by atoms with E-state index in [1.54, 1.807) is 24.3 Å². The molecule has 9 nitrogen and oxygen atoms in total. The van der Waals surface area contributed by atoms with E-state index in [4.69, 9.17) is 9.47 Å². The van der Waals surface area contributed by atoms with Gasteiger partial charge in [-0.1, -0.05) is 0 Å². The number of methoxy groups -OCH3 is 1. The van der Waals surface area contributed by atoms with Crippen LogP contribution in [0, 0.1) is 0 Å². The molecule has 27 heavy (non-hydrogen) atoms. The van der Waals surface area contributed by atoms with Gasteiger partial charge >= 0.3 is 6.03 Å². The summed E-state index contributed by atoms with van der Waals surface area (Å²) in [7, 11) is 1.54. The number of anilines is 1. The highest BCUT2D eigenvalue weighted by atomic mass is 16.5. The van der Waals surface area contributed by atoms with Crippen LogP contribution in [0.15, 0.2) is 24.3 Å². The number of hydrogen-bond acceptors (Lipinski definition) is 6. The van der Waals surface area contributed by atoms with Crippen molar-refractivity contribution in [1.29, 1.82) is 0 Å². The molecular formula is C18H24N4O5. The molecule has 1 aromatic rings. The third-order valence-corrected chi connectivity index (χ3v) is 4.59. The van der Waals surface area contributed by atoms with Crippen LogP contribution in [0.2, 0.25) is 0 Å². The maximum absolute atomic E-state index is 12.5. The number of nitrogens with zero attached hydrogens (tertiary/aromatic N) is 2. The van der Waals surface area contributed by atoms with Gasteiger partial charge in [0.05, 0.1) is 32.4 Å². The maximum atomic E-state index is 12.5. The fraction of sp³-hybridized carbons (Fsp3) is 0.500. The predicted octanol–water partition coefficient (Wildman–Crippen LogP) is -0.0415. The number of rotatable bonds is 7. The average Bonchev–Trinajstić information content (AvgIpc) is 2.96. The van der Waals surface area contributed by atoms with Crippen molar-refractivity contribution in [2.24, 2.45) is 0 Å². The van der Waals surface area contributed by atoms with Gasteiger partial charge in [-0.05, 0) is 24.3 Å². The fourth-order valence-electron chi connectivity index (χ4n) is 3.08. The normalized spacial score (nSPS) is 20.5. The number of carbonyl (C=O) groups excluding carboxylic acids is 3. The second-order valence-corrected chi connectivity index (χ2v) is 6.38. The summed E-state index contributed by atoms with van der Waals surface area (Å²) in [5.74, 6) is -0.0750. The summed E-state index contributed by atoms with van der Waals surface area (Å²) < 4.78 is 10.4. The van der Waals surface area contributed by atoms with Gasteiger partial charge < -0.3 is 20.1 Å². The van der Waals surface area contributed by atoms with Crippen LogP contribution in [-0.4, -0.2) is 75.3 Å². The molecule has 3 rings (SSSR count). The van der Waals surface area contributed by atoms with Gasteiger partial charge in [0, 0.05) is 26.2 Å². The minimum atomic E-state index is -0.858. The van der Waals surface area contributed by atoms with Crippen molar-refractivity contribution in [2.45, 2.75) is 12.5 Å². The van der Waals surface area contributed by atoms with Crippen LogP contribution in [0.25, 0.3) is 0 Å². The molecule has 1 unspecified atom stereocenters. The molecule has 1 aromatic carbocycles. The highest BCUT2D eigenvalue weighted by Crippen LogP contribution is 2.23. The molecule has 1 atom stereocenters. The second kappa shape index (κ2) is 8.83. The summed E-state index contributed by atoms with van der Waals surface area (Å²) in [6, 6.07) is 5.20. The Hall–Kier alpha value is -2.65. The van der Waals surface area contributed by atoms with Gasteiger partial charge in [0.15, 0.2) is 0 Å². The van der Waals surface area contributed by atoms with Crippen LogP contribution in [0.1, 0.15) is 6.42 Å². The number of ether oxygens (including phenoxy) is 2. The lowest BCUT2D eigenvalue weighted by Gasteiger charge is -2.26. The number of nitrogens with one attached hydrogen (secondary N) is 2. The first kappa shape index (κ1) is 19.1. The highest BCUT2D eigenvalue weighted by Gasteiger charge is 2.40. The fourth-order valence-corrected chi connectivity index (χ4v) is 3.08. The van der Waals surface area contributed by atoms with E-state index in [9.17, 15) is 14.4 Å². The van der Waals surface area contributed by atoms with E-state index in [0.29, 0.717) is 31.2 Å². The van der Waals surface area contributed by atoms with Crippen LogP contribution in [0.5, 0.6) is 5.75 Å². The largest absolute Gasteiger partial charge is 0.497 e. The number of morpholine rings is 1. The highest BCUT2D eigenvalue weighted by molar-refractivity contribution is 6.22. The molecule has 0 bridgehead atoms. The lowest BCUT2D eigenvalue weighted by Crippen LogP contribution is -2.42. The van der Waals surface area contributed by atoms with Gasteiger partial charge in [-0.25, -0.2) is 9.69 Å². The summed E-state index contributed by atoms with van der Waals surface area (Å²) in [6.45, 7) is 4.34. The minimum absolute atomic E-state index is 0.0830. The predicted molar refractivity (Wildman–Crippen MR) is 97.7 cm³/mol. The first-order chi connectivity index (χ1) is 13.1. The van der Waals surface area contributed by atoms with Crippen molar-refractivity contribution in [2.75, 3.05) is 51.4 Å². The van der Waals surface area contributed by atoms with Crippen LogP contribution < -0.4 is 20.3 Å². The molecule has 4 amide bonds. The van der Waals surface area contributed by atoms with E-state index >= 15 is 0 Å².